The van der Waals surface area contributed by atoms with Gasteiger partial charge in [-0.25, -0.2) is 0 Å². The Kier molecular flexibility index (Phi) is 15.3. The van der Waals surface area contributed by atoms with Gasteiger partial charge < -0.3 is 29.2 Å². The Balaban J connectivity index is 0. The molecule has 0 fully saturated rings. The zero-order valence-electron chi connectivity index (χ0n) is 20.1. The highest BCUT2D eigenvalue weighted by Gasteiger charge is 2.38. The summed E-state index contributed by atoms with van der Waals surface area (Å²) in [5.74, 6) is 0. The third kappa shape index (κ3) is 13.4. The third-order valence-corrected chi connectivity index (χ3v) is 9.67. The molecule has 0 radical (unpaired) electrons. The lowest BCUT2D eigenvalue weighted by Crippen LogP contribution is -2.44. The first-order chi connectivity index (χ1) is 13.1. The number of methoxy groups -OCH3 is 2. The van der Waals surface area contributed by atoms with Crippen molar-refractivity contribution >= 4 is 8.32 Å². The molecule has 0 saturated carbocycles. The average molecular weight is 435 g/mol. The van der Waals surface area contributed by atoms with Crippen molar-refractivity contribution in [2.75, 3.05) is 27.4 Å². The molecule has 0 bridgehead atoms. The summed E-state index contributed by atoms with van der Waals surface area (Å²) in [6.45, 7) is 22.3. The van der Waals surface area contributed by atoms with E-state index in [1.807, 2.05) is 13.8 Å². The predicted octanol–water partition coefficient (Wildman–Crippen LogP) is 3.67. The highest BCUT2D eigenvalue weighted by Crippen LogP contribution is 2.36. The lowest BCUT2D eigenvalue weighted by atomic mass is 10.1. The number of hydrogen-bond acceptors (Lipinski definition) is 6. The Bertz CT molecular complexity index is 472. The minimum atomic E-state index is -1.80. The molecule has 0 aromatic rings. The van der Waals surface area contributed by atoms with Crippen molar-refractivity contribution < 1.29 is 29.2 Å². The quantitative estimate of drug-likeness (QED) is 0.321. The van der Waals surface area contributed by atoms with Crippen molar-refractivity contribution in [2.45, 2.75) is 90.0 Å². The molecule has 0 aliphatic rings. The van der Waals surface area contributed by atoms with Crippen LogP contribution in [-0.2, 0) is 13.9 Å². The van der Waals surface area contributed by atoms with Crippen LogP contribution >= 0.6 is 0 Å². The van der Waals surface area contributed by atoms with Gasteiger partial charge in [-0.2, -0.15) is 0 Å². The number of hydrogen-bond donors (Lipinski definition) is 3. The second-order valence-electron chi connectivity index (χ2n) is 9.26. The van der Waals surface area contributed by atoms with E-state index in [1.54, 1.807) is 7.11 Å². The Morgan fingerprint density at radius 1 is 0.897 bits per heavy atom. The predicted molar refractivity (Wildman–Crippen MR) is 123 cm³/mol. The number of aliphatic hydroxyl groups excluding tert-OH is 3. The molecule has 0 saturated heterocycles. The summed E-state index contributed by atoms with van der Waals surface area (Å²) in [6.07, 6.45) is -0.723. The topological polar surface area (TPSA) is 88.4 Å². The van der Waals surface area contributed by atoms with Gasteiger partial charge in [-0.05, 0) is 44.8 Å². The molecule has 0 aliphatic heterocycles. The first-order valence-electron chi connectivity index (χ1n) is 10.1. The number of rotatable bonds is 12. The lowest BCUT2D eigenvalue weighted by molar-refractivity contribution is -0.0366. The maximum atomic E-state index is 10.1. The highest BCUT2D eigenvalue weighted by atomic mass is 28.4. The van der Waals surface area contributed by atoms with Gasteiger partial charge in [0.2, 0.25) is 0 Å². The van der Waals surface area contributed by atoms with Crippen LogP contribution in [0, 0.1) is 0 Å². The van der Waals surface area contributed by atoms with Gasteiger partial charge in [0.15, 0.2) is 8.32 Å². The Hall–Kier alpha value is -0.543. The fraction of sp³-hybridized carbons (Fsp3) is 0.818. The van der Waals surface area contributed by atoms with Gasteiger partial charge in [0.25, 0.3) is 0 Å². The summed E-state index contributed by atoms with van der Waals surface area (Å²) < 4.78 is 16.2. The van der Waals surface area contributed by atoms with Gasteiger partial charge in [0.05, 0.1) is 25.4 Å². The summed E-state index contributed by atoms with van der Waals surface area (Å²) in [5.41, 5.74) is 1.94. The van der Waals surface area contributed by atoms with Crippen molar-refractivity contribution in [3.05, 3.63) is 24.3 Å². The van der Waals surface area contributed by atoms with Crippen LogP contribution < -0.4 is 0 Å². The smallest absolute Gasteiger partial charge is 0.192 e. The molecule has 4 atom stereocenters. The Morgan fingerprint density at radius 2 is 1.28 bits per heavy atom. The molecule has 0 rings (SSSR count). The molecule has 174 valence electrons. The summed E-state index contributed by atoms with van der Waals surface area (Å²) >= 11 is 0. The van der Waals surface area contributed by atoms with Crippen molar-refractivity contribution in [3.63, 3.8) is 0 Å². The molecule has 0 spiro atoms. The van der Waals surface area contributed by atoms with Crippen LogP contribution in [-0.4, -0.2) is 75.5 Å². The van der Waals surface area contributed by atoms with E-state index in [0.29, 0.717) is 19.4 Å². The zero-order chi connectivity index (χ0) is 23.4. The van der Waals surface area contributed by atoms with Crippen molar-refractivity contribution in [3.8, 4) is 0 Å². The average Bonchev–Trinajstić information content (AvgIpc) is 2.60. The van der Waals surface area contributed by atoms with Gasteiger partial charge >= 0.3 is 0 Å². The Morgan fingerprint density at radius 3 is 1.55 bits per heavy atom. The highest BCUT2D eigenvalue weighted by molar-refractivity contribution is 6.74. The van der Waals surface area contributed by atoms with Gasteiger partial charge in [0.1, 0.15) is 12.2 Å². The molecule has 6 nitrogen and oxygen atoms in total. The third-order valence-electron chi connectivity index (χ3n) is 5.17. The van der Waals surface area contributed by atoms with Crippen molar-refractivity contribution in [1.29, 1.82) is 0 Å². The van der Waals surface area contributed by atoms with Gasteiger partial charge in [-0.15, -0.1) is 13.2 Å². The first kappa shape index (κ1) is 30.6. The van der Waals surface area contributed by atoms with E-state index in [0.717, 1.165) is 11.1 Å². The van der Waals surface area contributed by atoms with E-state index in [-0.39, 0.29) is 23.9 Å². The molecule has 7 heteroatoms. The van der Waals surface area contributed by atoms with Crippen LogP contribution in [0.1, 0.15) is 47.5 Å². The molecular formula is C22H46O6Si. The fourth-order valence-electron chi connectivity index (χ4n) is 2.17. The van der Waals surface area contributed by atoms with Gasteiger partial charge in [0, 0.05) is 14.2 Å². The van der Waals surface area contributed by atoms with Gasteiger partial charge in [-0.3, -0.25) is 0 Å². The van der Waals surface area contributed by atoms with E-state index < -0.39 is 20.5 Å². The summed E-state index contributed by atoms with van der Waals surface area (Å²) in [5, 5.41) is 28.0. The molecule has 0 aromatic carbocycles. The SMILES string of the molecule is C=C(C)C[C@H](OC)[C@H](O)CO.C=C(C)C[C@H](OC)[C@H](O)CO[Si](C)(C)C(C)(C)C. The van der Waals surface area contributed by atoms with Crippen molar-refractivity contribution in [2.24, 2.45) is 0 Å². The number of ether oxygens (including phenoxy) is 2. The van der Waals surface area contributed by atoms with E-state index in [4.69, 9.17) is 24.1 Å². The van der Waals surface area contributed by atoms with E-state index in [2.05, 4.69) is 47.0 Å². The van der Waals surface area contributed by atoms with Crippen LogP contribution in [0.4, 0.5) is 0 Å². The molecule has 0 aromatic heterocycles. The molecule has 0 heterocycles. The zero-order valence-corrected chi connectivity index (χ0v) is 21.1. The first-order valence-corrected chi connectivity index (χ1v) is 13.0. The fourth-order valence-corrected chi connectivity index (χ4v) is 3.20. The Labute approximate surface area is 179 Å². The standard InChI is InChI=1S/C14H30O3Si.C8H16O3/c1-11(2)9-13(16-6)12(15)10-17-18(7,8)14(3,4)5;1-6(2)4-8(11-3)7(10)5-9/h12-13,15H,1,9-10H2,2-8H3;7-10H,1,4-5H2,2-3H3/t12-,13+;7-,8+/m11/s1. The van der Waals surface area contributed by atoms with E-state index in [9.17, 15) is 5.11 Å². The molecular weight excluding hydrogens is 388 g/mol. The minimum Gasteiger partial charge on any atom is -0.414 e. The van der Waals surface area contributed by atoms with Crippen LogP contribution in [0.3, 0.4) is 0 Å². The monoisotopic (exact) mass is 434 g/mol. The lowest BCUT2D eigenvalue weighted by Gasteiger charge is -2.37. The molecule has 0 amide bonds. The van der Waals surface area contributed by atoms with Crippen LogP contribution in [0.15, 0.2) is 24.3 Å². The van der Waals surface area contributed by atoms with E-state index >= 15 is 0 Å². The minimum absolute atomic E-state index is 0.156. The maximum absolute atomic E-state index is 10.1. The van der Waals surface area contributed by atoms with Crippen LogP contribution in [0.5, 0.6) is 0 Å². The largest absolute Gasteiger partial charge is 0.414 e. The second-order valence-corrected chi connectivity index (χ2v) is 14.1. The number of aliphatic hydroxyl groups is 3. The molecule has 0 aliphatic carbocycles. The molecule has 3 N–H and O–H groups in total. The van der Waals surface area contributed by atoms with Crippen molar-refractivity contribution in [1.82, 2.24) is 0 Å². The summed E-state index contributed by atoms with van der Waals surface area (Å²) in [7, 11) is 1.32. The molecule has 0 unspecified atom stereocenters. The summed E-state index contributed by atoms with van der Waals surface area (Å²) in [6, 6.07) is 0. The normalized spacial score (nSPS) is 16.3. The van der Waals surface area contributed by atoms with E-state index in [1.165, 1.54) is 7.11 Å². The molecule has 29 heavy (non-hydrogen) atoms. The second kappa shape index (κ2) is 14.5. The van der Waals surface area contributed by atoms with Gasteiger partial charge in [-0.1, -0.05) is 31.9 Å². The maximum Gasteiger partial charge on any atom is 0.192 e. The van der Waals surface area contributed by atoms with Crippen LogP contribution in [0.25, 0.3) is 0 Å². The summed E-state index contributed by atoms with van der Waals surface area (Å²) in [4.78, 5) is 0. The van der Waals surface area contributed by atoms with Crippen LogP contribution in [0.2, 0.25) is 18.1 Å².